The summed E-state index contributed by atoms with van der Waals surface area (Å²) in [5.41, 5.74) is 1.00. The Bertz CT molecular complexity index is 499. The molecule has 1 aliphatic rings. The summed E-state index contributed by atoms with van der Waals surface area (Å²) in [5, 5.41) is 12.0. The van der Waals surface area contributed by atoms with Crippen LogP contribution in [0.2, 0.25) is 0 Å². The highest BCUT2D eigenvalue weighted by Gasteiger charge is 2.21. The SMILES string of the molecule is COc1ccc(NC(=O)C2CCCCC2)c(C#N)c1. The highest BCUT2D eigenvalue weighted by molar-refractivity contribution is 5.93. The largest absolute Gasteiger partial charge is 0.497 e. The molecule has 0 saturated heterocycles. The van der Waals surface area contributed by atoms with Crippen LogP contribution >= 0.6 is 0 Å². The molecule has 0 aliphatic heterocycles. The lowest BCUT2D eigenvalue weighted by atomic mass is 9.88. The smallest absolute Gasteiger partial charge is 0.227 e. The van der Waals surface area contributed by atoms with Gasteiger partial charge < -0.3 is 10.1 Å². The van der Waals surface area contributed by atoms with Crippen LogP contribution in [0.4, 0.5) is 5.69 Å². The first-order valence-electron chi connectivity index (χ1n) is 6.63. The Morgan fingerprint density at radius 1 is 1.37 bits per heavy atom. The van der Waals surface area contributed by atoms with Crippen molar-refractivity contribution in [1.82, 2.24) is 0 Å². The number of nitrogens with zero attached hydrogens (tertiary/aromatic N) is 1. The summed E-state index contributed by atoms with van der Waals surface area (Å²) in [5.74, 6) is 0.732. The second kappa shape index (κ2) is 6.24. The standard InChI is InChI=1S/C15H18N2O2/c1-19-13-7-8-14(12(9-13)10-16)17-15(18)11-5-3-2-4-6-11/h7-9,11H,2-6H2,1H3,(H,17,18). The van der Waals surface area contributed by atoms with E-state index in [1.807, 2.05) is 0 Å². The van der Waals surface area contributed by atoms with Gasteiger partial charge in [-0.25, -0.2) is 0 Å². The number of carbonyl (C=O) groups excluding carboxylic acids is 1. The third-order valence-electron chi connectivity index (χ3n) is 3.58. The first-order valence-corrected chi connectivity index (χ1v) is 6.63. The number of anilines is 1. The second-order valence-corrected chi connectivity index (χ2v) is 4.85. The van der Waals surface area contributed by atoms with Gasteiger partial charge in [0.15, 0.2) is 0 Å². The van der Waals surface area contributed by atoms with Gasteiger partial charge in [0.2, 0.25) is 5.91 Å². The lowest BCUT2D eigenvalue weighted by Gasteiger charge is -2.21. The summed E-state index contributed by atoms with van der Waals surface area (Å²) in [6, 6.07) is 7.19. The van der Waals surface area contributed by atoms with E-state index in [4.69, 9.17) is 10.00 Å². The van der Waals surface area contributed by atoms with E-state index in [0.717, 1.165) is 25.7 Å². The van der Waals surface area contributed by atoms with Gasteiger partial charge in [0, 0.05) is 5.92 Å². The minimum atomic E-state index is 0.0290. The first kappa shape index (κ1) is 13.4. The molecule has 1 aliphatic carbocycles. The predicted molar refractivity (Wildman–Crippen MR) is 72.9 cm³/mol. The molecule has 0 spiro atoms. The number of nitrogens with one attached hydrogen (secondary N) is 1. The van der Waals surface area contributed by atoms with Crippen LogP contribution in [0.5, 0.6) is 5.75 Å². The summed E-state index contributed by atoms with van der Waals surface area (Å²) >= 11 is 0. The second-order valence-electron chi connectivity index (χ2n) is 4.85. The maximum absolute atomic E-state index is 12.1. The van der Waals surface area contributed by atoms with Crippen LogP contribution < -0.4 is 10.1 Å². The third kappa shape index (κ3) is 3.25. The van der Waals surface area contributed by atoms with Crippen LogP contribution in [-0.2, 0) is 4.79 Å². The predicted octanol–water partition coefficient (Wildman–Crippen LogP) is 3.09. The molecule has 1 N–H and O–H groups in total. The molecule has 0 atom stereocenters. The summed E-state index contributed by atoms with van der Waals surface area (Å²) in [4.78, 5) is 12.1. The number of amides is 1. The maximum Gasteiger partial charge on any atom is 0.227 e. The number of hydrogen-bond donors (Lipinski definition) is 1. The van der Waals surface area contributed by atoms with E-state index in [2.05, 4.69) is 11.4 Å². The first-order chi connectivity index (χ1) is 9.24. The van der Waals surface area contributed by atoms with E-state index in [0.29, 0.717) is 17.0 Å². The fourth-order valence-corrected chi connectivity index (χ4v) is 2.45. The van der Waals surface area contributed by atoms with Crippen molar-refractivity contribution in [2.75, 3.05) is 12.4 Å². The molecule has 2 rings (SSSR count). The van der Waals surface area contributed by atoms with Gasteiger partial charge in [-0.05, 0) is 31.0 Å². The molecule has 100 valence electrons. The molecule has 0 heterocycles. The van der Waals surface area contributed by atoms with Gasteiger partial charge in [0.05, 0.1) is 18.4 Å². The average Bonchev–Trinajstić information content (AvgIpc) is 2.48. The maximum atomic E-state index is 12.1. The molecular weight excluding hydrogens is 240 g/mol. The van der Waals surface area contributed by atoms with Gasteiger partial charge in [0.1, 0.15) is 11.8 Å². The monoisotopic (exact) mass is 258 g/mol. The quantitative estimate of drug-likeness (QED) is 0.906. The van der Waals surface area contributed by atoms with E-state index in [9.17, 15) is 4.79 Å². The molecule has 4 heteroatoms. The van der Waals surface area contributed by atoms with Crippen LogP contribution in [0.15, 0.2) is 18.2 Å². The molecular formula is C15H18N2O2. The zero-order valence-electron chi connectivity index (χ0n) is 11.1. The molecule has 0 bridgehead atoms. The Kier molecular flexibility index (Phi) is 4.40. The van der Waals surface area contributed by atoms with Gasteiger partial charge in [-0.15, -0.1) is 0 Å². The van der Waals surface area contributed by atoms with Crippen molar-refractivity contribution >= 4 is 11.6 Å². The van der Waals surface area contributed by atoms with E-state index < -0.39 is 0 Å². The van der Waals surface area contributed by atoms with Gasteiger partial charge in [-0.2, -0.15) is 5.26 Å². The minimum absolute atomic E-state index is 0.0290. The van der Waals surface area contributed by atoms with E-state index >= 15 is 0 Å². The van der Waals surface area contributed by atoms with Gasteiger partial charge in [-0.3, -0.25) is 4.79 Å². The molecule has 19 heavy (non-hydrogen) atoms. The van der Waals surface area contributed by atoms with Crippen molar-refractivity contribution in [2.45, 2.75) is 32.1 Å². The number of ether oxygens (including phenoxy) is 1. The van der Waals surface area contributed by atoms with E-state index in [1.165, 1.54) is 6.42 Å². The molecule has 4 nitrogen and oxygen atoms in total. The minimum Gasteiger partial charge on any atom is -0.497 e. The summed E-state index contributed by atoms with van der Waals surface area (Å²) in [6.45, 7) is 0. The van der Waals surface area contributed by atoms with Crippen molar-refractivity contribution in [3.8, 4) is 11.8 Å². The summed E-state index contributed by atoms with van der Waals surface area (Å²) < 4.78 is 5.07. The molecule has 1 fully saturated rings. The zero-order chi connectivity index (χ0) is 13.7. The lowest BCUT2D eigenvalue weighted by Crippen LogP contribution is -2.25. The lowest BCUT2D eigenvalue weighted by molar-refractivity contribution is -0.120. The number of hydrogen-bond acceptors (Lipinski definition) is 3. The van der Waals surface area contributed by atoms with Crippen molar-refractivity contribution in [2.24, 2.45) is 5.92 Å². The Labute approximate surface area is 113 Å². The molecule has 0 radical (unpaired) electrons. The molecule has 0 unspecified atom stereocenters. The number of carbonyl (C=O) groups is 1. The van der Waals surface area contributed by atoms with E-state index in [-0.39, 0.29) is 11.8 Å². The third-order valence-corrected chi connectivity index (χ3v) is 3.58. The van der Waals surface area contributed by atoms with Crippen LogP contribution in [0, 0.1) is 17.2 Å². The van der Waals surface area contributed by atoms with Gasteiger partial charge in [-0.1, -0.05) is 19.3 Å². The average molecular weight is 258 g/mol. The Morgan fingerprint density at radius 3 is 2.74 bits per heavy atom. The number of methoxy groups -OCH3 is 1. The van der Waals surface area contributed by atoms with Crippen LogP contribution in [0.25, 0.3) is 0 Å². The molecule has 1 aromatic carbocycles. The summed E-state index contributed by atoms with van der Waals surface area (Å²) in [7, 11) is 1.55. The van der Waals surface area contributed by atoms with Gasteiger partial charge in [0.25, 0.3) is 0 Å². The van der Waals surface area contributed by atoms with Crippen molar-refractivity contribution in [3.05, 3.63) is 23.8 Å². The fourth-order valence-electron chi connectivity index (χ4n) is 2.45. The number of benzene rings is 1. The molecule has 1 amide bonds. The normalized spacial score (nSPS) is 15.6. The van der Waals surface area contributed by atoms with Crippen molar-refractivity contribution < 1.29 is 9.53 Å². The molecule has 1 saturated carbocycles. The summed E-state index contributed by atoms with van der Waals surface area (Å²) in [6.07, 6.45) is 5.35. The zero-order valence-corrected chi connectivity index (χ0v) is 11.1. The highest BCUT2D eigenvalue weighted by atomic mass is 16.5. The highest BCUT2D eigenvalue weighted by Crippen LogP contribution is 2.26. The topological polar surface area (TPSA) is 62.1 Å². The molecule has 1 aromatic rings. The fraction of sp³-hybridized carbons (Fsp3) is 0.467. The van der Waals surface area contributed by atoms with Crippen LogP contribution in [0.1, 0.15) is 37.7 Å². The van der Waals surface area contributed by atoms with Crippen molar-refractivity contribution in [3.63, 3.8) is 0 Å². The van der Waals surface area contributed by atoms with Crippen LogP contribution in [0.3, 0.4) is 0 Å². The Hall–Kier alpha value is -2.02. The van der Waals surface area contributed by atoms with Crippen molar-refractivity contribution in [1.29, 1.82) is 5.26 Å². The molecule has 0 aromatic heterocycles. The van der Waals surface area contributed by atoms with Gasteiger partial charge >= 0.3 is 0 Å². The number of nitriles is 1. The Morgan fingerprint density at radius 2 is 2.11 bits per heavy atom. The Balaban J connectivity index is 2.10. The number of rotatable bonds is 3. The van der Waals surface area contributed by atoms with Crippen LogP contribution in [-0.4, -0.2) is 13.0 Å². The van der Waals surface area contributed by atoms with E-state index in [1.54, 1.807) is 25.3 Å².